The molecule has 0 radical (unpaired) electrons. The van der Waals surface area contributed by atoms with Crippen molar-refractivity contribution >= 4 is 18.2 Å². The monoisotopic (exact) mass is 274 g/mol. The van der Waals surface area contributed by atoms with Crippen LogP contribution in [-0.2, 0) is 4.74 Å². The molecule has 0 aliphatic carbocycles. The molecule has 0 saturated carbocycles. The van der Waals surface area contributed by atoms with Crippen LogP contribution in [0.15, 0.2) is 30.3 Å². The van der Waals surface area contributed by atoms with Crippen molar-refractivity contribution in [3.8, 4) is 11.3 Å². The van der Waals surface area contributed by atoms with E-state index in [0.29, 0.717) is 28.3 Å². The summed E-state index contributed by atoms with van der Waals surface area (Å²) in [6.45, 7) is 3.88. The summed E-state index contributed by atoms with van der Waals surface area (Å²) in [6, 6.07) is 9.46. The average molecular weight is 274 g/mol. The molecule has 0 bridgehead atoms. The Balaban J connectivity index is 2.65. The summed E-state index contributed by atoms with van der Waals surface area (Å²) in [5, 5.41) is 0. The lowest BCUT2D eigenvalue weighted by Gasteiger charge is -2.10. The Morgan fingerprint density at radius 2 is 2.05 bits per heavy atom. The fraction of sp³-hybridized carbons (Fsp3) is 0.214. The summed E-state index contributed by atoms with van der Waals surface area (Å²) in [5.74, 6) is -0.391. The van der Waals surface area contributed by atoms with Gasteiger partial charge in [0, 0.05) is 11.3 Å². The molecule has 2 aromatic rings. The van der Waals surface area contributed by atoms with Crippen molar-refractivity contribution in [2.24, 2.45) is 0 Å². The molecule has 0 aliphatic heterocycles. The molecular weight excluding hydrogens is 260 g/mol. The van der Waals surface area contributed by atoms with Gasteiger partial charge in [-0.05, 0) is 26.1 Å². The minimum absolute atomic E-state index is 0.322. The zero-order valence-corrected chi connectivity index (χ0v) is 11.6. The third-order valence-electron chi connectivity index (χ3n) is 2.65. The molecule has 0 saturated heterocycles. The highest BCUT2D eigenvalue weighted by Gasteiger charge is 2.18. The molecule has 0 spiro atoms. The van der Waals surface area contributed by atoms with Crippen LogP contribution < -0.4 is 0 Å². The fourth-order valence-electron chi connectivity index (χ4n) is 1.84. The van der Waals surface area contributed by atoms with Crippen molar-refractivity contribution in [3.63, 3.8) is 0 Å². The van der Waals surface area contributed by atoms with Crippen LogP contribution in [0.3, 0.4) is 0 Å². The van der Waals surface area contributed by atoms with Gasteiger partial charge in [-0.1, -0.05) is 30.3 Å². The first-order valence-corrected chi connectivity index (χ1v) is 6.37. The average Bonchev–Trinajstić information content (AvgIpc) is 2.39. The fourth-order valence-corrected chi connectivity index (χ4v) is 2.09. The molecule has 0 unspecified atom stereocenters. The zero-order chi connectivity index (χ0) is 13.8. The maximum atomic E-state index is 12.1. The number of carbonyl (C=O) groups is 1. The first-order valence-electron chi connectivity index (χ1n) is 5.97. The number of nitrogens with one attached hydrogen (secondary N) is 1. The Morgan fingerprint density at radius 1 is 1.37 bits per heavy atom. The van der Waals surface area contributed by atoms with Gasteiger partial charge in [-0.3, -0.25) is 0 Å². The van der Waals surface area contributed by atoms with E-state index in [9.17, 15) is 4.79 Å². The lowest BCUT2D eigenvalue weighted by molar-refractivity contribution is 0.0525. The lowest BCUT2D eigenvalue weighted by Crippen LogP contribution is -2.11. The van der Waals surface area contributed by atoms with Gasteiger partial charge in [-0.15, -0.1) is 0 Å². The van der Waals surface area contributed by atoms with Gasteiger partial charge in [0.2, 0.25) is 0 Å². The molecule has 0 amide bonds. The Bertz CT molecular complexity index is 650. The largest absolute Gasteiger partial charge is 0.462 e. The van der Waals surface area contributed by atoms with E-state index in [2.05, 4.69) is 9.97 Å². The first kappa shape index (κ1) is 13.4. The molecule has 0 aliphatic rings. The molecule has 1 N–H and O–H groups in total. The predicted molar refractivity (Wildman–Crippen MR) is 75.6 cm³/mol. The second-order valence-corrected chi connectivity index (χ2v) is 4.36. The Morgan fingerprint density at radius 3 is 2.68 bits per heavy atom. The third-order valence-corrected chi connectivity index (χ3v) is 2.84. The Kier molecular flexibility index (Phi) is 4.06. The number of hydrogen-bond acceptors (Lipinski definition) is 4. The van der Waals surface area contributed by atoms with Gasteiger partial charge in [0.1, 0.15) is 5.56 Å². The number of H-pyrrole nitrogens is 1. The molecule has 4 nitrogen and oxygen atoms in total. The number of ether oxygens (including phenoxy) is 1. The van der Waals surface area contributed by atoms with Crippen LogP contribution in [0.1, 0.15) is 23.0 Å². The summed E-state index contributed by atoms with van der Waals surface area (Å²) in [4.78, 5) is 19.2. The van der Waals surface area contributed by atoms with Crippen molar-refractivity contribution in [1.82, 2.24) is 9.97 Å². The predicted octanol–water partition coefficient (Wildman–Crippen LogP) is 3.29. The minimum Gasteiger partial charge on any atom is -0.462 e. The van der Waals surface area contributed by atoms with Crippen LogP contribution in [0.2, 0.25) is 0 Å². The number of hydrogen-bond donors (Lipinski definition) is 1. The first-order chi connectivity index (χ1) is 9.13. The smallest absolute Gasteiger partial charge is 0.342 e. The molecule has 0 atom stereocenters. The van der Waals surface area contributed by atoms with Gasteiger partial charge in [0.25, 0.3) is 0 Å². The number of aromatic nitrogens is 2. The van der Waals surface area contributed by atoms with E-state index >= 15 is 0 Å². The number of aromatic amines is 1. The van der Waals surface area contributed by atoms with Gasteiger partial charge in [-0.2, -0.15) is 0 Å². The van der Waals surface area contributed by atoms with Gasteiger partial charge in [0.15, 0.2) is 4.77 Å². The molecule has 1 heterocycles. The molecule has 19 heavy (non-hydrogen) atoms. The number of aryl methyl sites for hydroxylation is 1. The normalized spacial score (nSPS) is 10.2. The minimum atomic E-state index is -0.391. The topological polar surface area (TPSA) is 55.0 Å². The van der Waals surface area contributed by atoms with Crippen LogP contribution in [0.4, 0.5) is 0 Å². The van der Waals surface area contributed by atoms with E-state index in [1.54, 1.807) is 13.8 Å². The number of rotatable bonds is 3. The number of benzene rings is 1. The van der Waals surface area contributed by atoms with E-state index in [-0.39, 0.29) is 0 Å². The Labute approximate surface area is 116 Å². The zero-order valence-electron chi connectivity index (χ0n) is 10.8. The summed E-state index contributed by atoms with van der Waals surface area (Å²) < 4.78 is 5.43. The van der Waals surface area contributed by atoms with E-state index in [1.807, 2.05) is 30.3 Å². The molecule has 5 heteroatoms. The summed E-state index contributed by atoms with van der Waals surface area (Å²) in [7, 11) is 0. The van der Waals surface area contributed by atoms with E-state index in [4.69, 9.17) is 17.0 Å². The van der Waals surface area contributed by atoms with Gasteiger partial charge >= 0.3 is 5.97 Å². The molecule has 0 fully saturated rings. The van der Waals surface area contributed by atoms with Gasteiger partial charge in [0.05, 0.1) is 12.3 Å². The molecule has 2 rings (SSSR count). The van der Waals surface area contributed by atoms with Crippen molar-refractivity contribution in [2.75, 3.05) is 6.61 Å². The number of nitrogens with zero attached hydrogens (tertiary/aromatic N) is 1. The summed E-state index contributed by atoms with van der Waals surface area (Å²) >= 11 is 5.08. The molecule has 1 aromatic carbocycles. The van der Waals surface area contributed by atoms with Crippen LogP contribution in [0.5, 0.6) is 0 Å². The highest BCUT2D eigenvalue weighted by atomic mass is 32.1. The van der Waals surface area contributed by atoms with E-state index in [1.165, 1.54) is 0 Å². The molecule has 1 aromatic heterocycles. The van der Waals surface area contributed by atoms with Crippen LogP contribution >= 0.6 is 12.2 Å². The standard InChI is InChI=1S/C14H14N2O2S/c1-3-18-13(17)11-9(2)15-14(19)16-12(11)10-7-5-4-6-8-10/h4-8H,3H2,1-2H3,(H,15,16,19). The van der Waals surface area contributed by atoms with Gasteiger partial charge < -0.3 is 9.72 Å². The Hall–Kier alpha value is -2.01. The van der Waals surface area contributed by atoms with E-state index < -0.39 is 5.97 Å². The maximum Gasteiger partial charge on any atom is 0.342 e. The summed E-state index contributed by atoms with van der Waals surface area (Å²) in [5.41, 5.74) is 2.49. The van der Waals surface area contributed by atoms with E-state index in [0.717, 1.165) is 5.56 Å². The molecule has 98 valence electrons. The summed E-state index contributed by atoms with van der Waals surface area (Å²) in [6.07, 6.45) is 0. The lowest BCUT2D eigenvalue weighted by atomic mass is 10.1. The highest BCUT2D eigenvalue weighted by Crippen LogP contribution is 2.23. The quantitative estimate of drug-likeness (QED) is 0.689. The molecular formula is C14H14N2O2S. The van der Waals surface area contributed by atoms with Crippen molar-refractivity contribution in [3.05, 3.63) is 46.4 Å². The third kappa shape index (κ3) is 2.88. The SMILES string of the molecule is CCOC(=O)c1c(-c2ccccc2)nc(=S)[nH]c1C. The highest BCUT2D eigenvalue weighted by molar-refractivity contribution is 7.71. The van der Waals surface area contributed by atoms with Crippen LogP contribution in [0, 0.1) is 11.7 Å². The van der Waals surface area contributed by atoms with Crippen molar-refractivity contribution in [2.45, 2.75) is 13.8 Å². The van der Waals surface area contributed by atoms with Crippen LogP contribution in [0.25, 0.3) is 11.3 Å². The van der Waals surface area contributed by atoms with Gasteiger partial charge in [-0.25, -0.2) is 9.78 Å². The number of carbonyl (C=O) groups excluding carboxylic acids is 1. The van der Waals surface area contributed by atoms with Crippen molar-refractivity contribution < 1.29 is 9.53 Å². The second-order valence-electron chi connectivity index (χ2n) is 3.98. The maximum absolute atomic E-state index is 12.1. The number of esters is 1. The van der Waals surface area contributed by atoms with Crippen molar-refractivity contribution in [1.29, 1.82) is 0 Å². The van der Waals surface area contributed by atoms with Crippen LogP contribution in [-0.4, -0.2) is 22.5 Å². The second kappa shape index (κ2) is 5.75.